The fourth-order valence-corrected chi connectivity index (χ4v) is 9.86. The van der Waals surface area contributed by atoms with Crippen LogP contribution in [-0.4, -0.2) is 132 Å². The zero-order chi connectivity index (χ0) is 48.5. The third-order valence-electron chi connectivity index (χ3n) is 12.8. The van der Waals surface area contributed by atoms with Crippen molar-refractivity contribution in [3.05, 3.63) is 94.1 Å². The number of carbonyl (C=O) groups is 6. The number of amides is 6. The number of carbonyl (C=O) groups excluding carboxylic acids is 6. The van der Waals surface area contributed by atoms with Gasteiger partial charge in [0.25, 0.3) is 11.8 Å². The molecule has 2 saturated heterocycles. The number of hydrogen-bond donors (Lipinski definition) is 3. The predicted octanol–water partition coefficient (Wildman–Crippen LogP) is 5.89. The van der Waals surface area contributed by atoms with Crippen molar-refractivity contribution in [2.45, 2.75) is 91.9 Å². The molecule has 7 rings (SSSR count). The average molecular weight is 949 g/mol. The van der Waals surface area contributed by atoms with Gasteiger partial charge in [0.05, 0.1) is 59.7 Å². The van der Waals surface area contributed by atoms with Gasteiger partial charge < -0.3 is 35.2 Å². The first-order chi connectivity index (χ1) is 32.6. The minimum absolute atomic E-state index is 0.0408. The number of benzene rings is 3. The fraction of sp³-hybridized carbons (Fsp3) is 0.471. The van der Waals surface area contributed by atoms with Crippen LogP contribution in [0.4, 0.5) is 5.69 Å². The van der Waals surface area contributed by atoms with Crippen LogP contribution < -0.4 is 25.4 Å². The molecule has 0 spiro atoms. The molecule has 16 nitrogen and oxygen atoms in total. The summed E-state index contributed by atoms with van der Waals surface area (Å²) in [5.74, 6) is -0.725. The third-order valence-corrected chi connectivity index (χ3v) is 13.8. The third kappa shape index (κ3) is 11.9. The zero-order valence-corrected chi connectivity index (χ0v) is 40.8. The first kappa shape index (κ1) is 49.7. The fourth-order valence-electron chi connectivity index (χ4n) is 9.04. The molecule has 2 atom stereocenters. The molecule has 3 aliphatic heterocycles. The molecule has 0 aliphatic carbocycles. The minimum atomic E-state index is -0.801. The molecule has 2 unspecified atom stereocenters. The second kappa shape index (κ2) is 22.3. The normalized spacial score (nSPS) is 16.9. The van der Waals surface area contributed by atoms with Gasteiger partial charge in [0.15, 0.2) is 11.5 Å². The van der Waals surface area contributed by atoms with E-state index in [0.29, 0.717) is 74.8 Å². The summed E-state index contributed by atoms with van der Waals surface area (Å²) in [5.41, 5.74) is 5.73. The first-order valence-corrected chi connectivity index (χ1v) is 24.4. The van der Waals surface area contributed by atoms with E-state index in [1.165, 1.54) is 4.90 Å². The number of methoxy groups -OCH3 is 1. The highest BCUT2D eigenvalue weighted by Gasteiger charge is 2.42. The van der Waals surface area contributed by atoms with Crippen molar-refractivity contribution in [1.82, 2.24) is 35.2 Å². The lowest BCUT2D eigenvalue weighted by atomic mass is 9.85. The smallest absolute Gasteiger partial charge is 0.263 e. The second-order valence-electron chi connectivity index (χ2n) is 18.7. The Balaban J connectivity index is 0.820. The molecule has 1 aromatic heterocycles. The lowest BCUT2D eigenvalue weighted by molar-refractivity contribution is -0.144. The van der Waals surface area contributed by atoms with Crippen LogP contribution in [0.25, 0.3) is 10.4 Å². The second-order valence-corrected chi connectivity index (χ2v) is 19.6. The predicted molar refractivity (Wildman–Crippen MR) is 260 cm³/mol. The summed E-state index contributed by atoms with van der Waals surface area (Å²) in [6.07, 6.45) is 2.93. The van der Waals surface area contributed by atoms with Crippen LogP contribution in [0.2, 0.25) is 0 Å². The Kier molecular flexibility index (Phi) is 16.3. The van der Waals surface area contributed by atoms with Gasteiger partial charge in [-0.1, -0.05) is 57.2 Å². The Morgan fingerprint density at radius 1 is 0.882 bits per heavy atom. The number of fused-ring (bicyclic) bond motifs is 1. The number of piperazine rings is 1. The zero-order valence-electron chi connectivity index (χ0n) is 40.0. The molecule has 3 aliphatic rings. The van der Waals surface area contributed by atoms with Crippen LogP contribution in [-0.2, 0) is 32.3 Å². The van der Waals surface area contributed by atoms with Gasteiger partial charge in [0.2, 0.25) is 23.6 Å². The molecule has 362 valence electrons. The molecule has 0 saturated carbocycles. The quantitative estimate of drug-likeness (QED) is 0.0754. The minimum Gasteiger partial charge on any atom is -0.493 e. The van der Waals surface area contributed by atoms with Crippen LogP contribution in [0.1, 0.15) is 97.3 Å². The highest BCUT2D eigenvalue weighted by Crippen LogP contribution is 2.34. The maximum Gasteiger partial charge on any atom is 0.263 e. The summed E-state index contributed by atoms with van der Waals surface area (Å²) < 4.78 is 11.0. The molecule has 0 radical (unpaired) electrons. The molecule has 3 N–H and O–H groups in total. The van der Waals surface area contributed by atoms with Gasteiger partial charge in [-0.25, -0.2) is 4.98 Å². The summed E-state index contributed by atoms with van der Waals surface area (Å²) in [6.45, 7) is 14.7. The Labute approximate surface area is 402 Å². The van der Waals surface area contributed by atoms with Crippen molar-refractivity contribution in [3.8, 4) is 21.9 Å². The number of unbranched alkanes of at least 4 members (excludes halogenated alkanes) is 1. The topological polar surface area (TPSA) is 183 Å². The van der Waals surface area contributed by atoms with E-state index >= 15 is 0 Å². The van der Waals surface area contributed by atoms with Crippen molar-refractivity contribution in [2.24, 2.45) is 5.41 Å². The largest absolute Gasteiger partial charge is 0.493 e. The average Bonchev–Trinajstić information content (AvgIpc) is 4.05. The Morgan fingerprint density at radius 3 is 2.31 bits per heavy atom. The molecular formula is C51H64N8O8S. The molecular weight excluding hydrogens is 885 g/mol. The number of aromatic nitrogens is 1. The van der Waals surface area contributed by atoms with Gasteiger partial charge in [-0.05, 0) is 92.4 Å². The molecule has 3 aromatic carbocycles. The number of ether oxygens (including phenoxy) is 2. The van der Waals surface area contributed by atoms with Gasteiger partial charge in [0.1, 0.15) is 12.1 Å². The monoisotopic (exact) mass is 948 g/mol. The van der Waals surface area contributed by atoms with Gasteiger partial charge in [-0.2, -0.15) is 0 Å². The number of rotatable bonds is 19. The number of imide groups is 1. The number of hydrogen-bond acceptors (Lipinski definition) is 12. The SMILES string of the molecule is CCOc1cc(CN2C(=O)c3cccc(NC(=O)CCCCN4CCN(CC(=O)NC(C(=O)N5CCCC5C(=O)NCc5ccc(-c6scnc6C)cc5)C(C)(C)C)CC4)c3C2=O)ccc1OC. The molecule has 0 bridgehead atoms. The van der Waals surface area contributed by atoms with Crippen molar-refractivity contribution in [3.63, 3.8) is 0 Å². The standard InChI is InChI=1S/C51H64N8O8S/c1-7-67-41-28-35(18-21-40(41)66-6)30-59-48(63)37-12-10-13-38(44(37)49(59)64)54-42(60)15-8-9-22-56-24-26-57(27-25-56)31-43(61)55-46(51(3,4)5)50(65)58-23-11-14-39(58)47(62)52-29-34-16-19-36(20-17-34)45-33(2)53-32-68-45/h10,12-13,16-21,28,32,39,46H,7-9,11,14-15,22-27,29-31H2,1-6H3,(H,52,62)(H,54,60)(H,55,61). The summed E-state index contributed by atoms with van der Waals surface area (Å²) in [4.78, 5) is 93.8. The molecule has 17 heteroatoms. The van der Waals surface area contributed by atoms with E-state index in [1.807, 2.05) is 64.4 Å². The molecule has 68 heavy (non-hydrogen) atoms. The molecule has 2 fully saturated rings. The summed E-state index contributed by atoms with van der Waals surface area (Å²) in [7, 11) is 1.55. The Bertz CT molecular complexity index is 2480. The van der Waals surface area contributed by atoms with E-state index in [-0.39, 0.29) is 54.3 Å². The lowest BCUT2D eigenvalue weighted by Crippen LogP contribution is -2.59. The molecule has 6 amide bonds. The van der Waals surface area contributed by atoms with Crippen LogP contribution in [0.15, 0.2) is 66.2 Å². The molecule has 4 heterocycles. The van der Waals surface area contributed by atoms with Crippen LogP contribution in [0.3, 0.4) is 0 Å². The van der Waals surface area contributed by atoms with E-state index in [0.717, 1.165) is 47.8 Å². The number of thiazole rings is 1. The van der Waals surface area contributed by atoms with Crippen LogP contribution in [0, 0.1) is 12.3 Å². The first-order valence-electron chi connectivity index (χ1n) is 23.6. The number of nitrogens with zero attached hydrogens (tertiary/aromatic N) is 5. The van der Waals surface area contributed by atoms with Crippen molar-refractivity contribution in [1.29, 1.82) is 0 Å². The number of likely N-dealkylation sites (tertiary alicyclic amines) is 1. The molecule has 4 aromatic rings. The van der Waals surface area contributed by atoms with Gasteiger partial charge in [-0.3, -0.25) is 38.6 Å². The summed E-state index contributed by atoms with van der Waals surface area (Å²) in [6, 6.07) is 16.8. The van der Waals surface area contributed by atoms with Crippen LogP contribution >= 0.6 is 11.3 Å². The highest BCUT2D eigenvalue weighted by molar-refractivity contribution is 7.13. The van der Waals surface area contributed by atoms with Crippen molar-refractivity contribution < 1.29 is 38.2 Å². The summed E-state index contributed by atoms with van der Waals surface area (Å²) in [5, 5.41) is 8.94. The van der Waals surface area contributed by atoms with E-state index in [1.54, 1.807) is 59.7 Å². The number of anilines is 1. The van der Waals surface area contributed by atoms with Gasteiger partial charge in [0, 0.05) is 45.7 Å². The highest BCUT2D eigenvalue weighted by atomic mass is 32.1. The van der Waals surface area contributed by atoms with Crippen LogP contribution in [0.5, 0.6) is 11.5 Å². The number of aryl methyl sites for hydroxylation is 1. The number of nitrogens with one attached hydrogen (secondary N) is 3. The van der Waals surface area contributed by atoms with E-state index in [2.05, 4.69) is 30.7 Å². The summed E-state index contributed by atoms with van der Waals surface area (Å²) >= 11 is 1.60. The Hall–Kier alpha value is -6.17. The van der Waals surface area contributed by atoms with Crippen molar-refractivity contribution in [2.75, 3.05) is 64.8 Å². The van der Waals surface area contributed by atoms with Crippen molar-refractivity contribution >= 4 is 52.5 Å². The van der Waals surface area contributed by atoms with Gasteiger partial charge in [-0.15, -0.1) is 11.3 Å². The van der Waals surface area contributed by atoms with Gasteiger partial charge >= 0.3 is 0 Å². The van der Waals surface area contributed by atoms with E-state index < -0.39 is 29.3 Å². The van der Waals surface area contributed by atoms with E-state index in [9.17, 15) is 28.8 Å². The maximum atomic E-state index is 14.1. The maximum absolute atomic E-state index is 14.1. The van der Waals surface area contributed by atoms with E-state index in [4.69, 9.17) is 9.47 Å². The Morgan fingerprint density at radius 2 is 1.62 bits per heavy atom. The lowest BCUT2D eigenvalue weighted by Gasteiger charge is -2.37.